The summed E-state index contributed by atoms with van der Waals surface area (Å²) in [7, 11) is 1.87. The minimum Gasteiger partial charge on any atom is -0.379 e. The molecule has 6 nitrogen and oxygen atoms in total. The minimum atomic E-state index is 0. The van der Waals surface area contributed by atoms with Crippen LogP contribution in [0.3, 0.4) is 0 Å². The molecule has 0 amide bonds. The van der Waals surface area contributed by atoms with Crippen LogP contribution in [0.1, 0.15) is 46.5 Å². The number of hydrogen-bond acceptors (Lipinski definition) is 4. The number of nitrogens with one attached hydrogen (secondary N) is 2. The summed E-state index contributed by atoms with van der Waals surface area (Å²) in [5, 5.41) is 7.11. The lowest BCUT2D eigenvalue weighted by molar-refractivity contribution is 0.0132. The quantitative estimate of drug-likeness (QED) is 0.285. The van der Waals surface area contributed by atoms with E-state index in [-0.39, 0.29) is 24.0 Å². The van der Waals surface area contributed by atoms with Gasteiger partial charge in [0.2, 0.25) is 0 Å². The summed E-state index contributed by atoms with van der Waals surface area (Å²) < 4.78 is 5.53. The number of hydrogen-bond donors (Lipinski definition) is 2. The van der Waals surface area contributed by atoms with Crippen LogP contribution >= 0.6 is 24.0 Å². The van der Waals surface area contributed by atoms with Gasteiger partial charge >= 0.3 is 0 Å². The average Bonchev–Trinajstić information content (AvgIpc) is 2.68. The van der Waals surface area contributed by atoms with Crippen molar-refractivity contribution in [2.45, 2.75) is 52.5 Å². The molecule has 2 aliphatic heterocycles. The Balaban J connectivity index is 0.00000392. The fraction of sp³-hybridized carbons (Fsp3) is 0.952. The molecular formula is C21H44IN5O. The van der Waals surface area contributed by atoms with Crippen LogP contribution in [0.15, 0.2) is 4.99 Å². The molecule has 0 bridgehead atoms. The van der Waals surface area contributed by atoms with Gasteiger partial charge in [-0.2, -0.15) is 0 Å². The molecule has 2 unspecified atom stereocenters. The molecule has 2 atom stereocenters. The summed E-state index contributed by atoms with van der Waals surface area (Å²) in [6, 6.07) is 0.540. The highest BCUT2D eigenvalue weighted by molar-refractivity contribution is 14.0. The van der Waals surface area contributed by atoms with Gasteiger partial charge < -0.3 is 20.3 Å². The molecular weight excluding hydrogens is 465 g/mol. The first-order chi connectivity index (χ1) is 13.1. The van der Waals surface area contributed by atoms with Crippen molar-refractivity contribution in [3.8, 4) is 0 Å². The second kappa shape index (κ2) is 14.8. The van der Waals surface area contributed by atoms with Gasteiger partial charge in [-0.1, -0.05) is 27.2 Å². The lowest BCUT2D eigenvalue weighted by Gasteiger charge is -2.36. The molecule has 0 aromatic rings. The van der Waals surface area contributed by atoms with Crippen molar-refractivity contribution in [3.63, 3.8) is 0 Å². The topological polar surface area (TPSA) is 52.1 Å². The Morgan fingerprint density at radius 3 is 2.21 bits per heavy atom. The Hall–Kier alpha value is -0.120. The molecule has 0 saturated carbocycles. The zero-order valence-corrected chi connectivity index (χ0v) is 20.9. The maximum atomic E-state index is 5.53. The van der Waals surface area contributed by atoms with Gasteiger partial charge in [-0.25, -0.2) is 0 Å². The van der Waals surface area contributed by atoms with E-state index < -0.39 is 0 Å². The van der Waals surface area contributed by atoms with Gasteiger partial charge in [-0.05, 0) is 44.2 Å². The number of ether oxygens (including phenoxy) is 1. The van der Waals surface area contributed by atoms with Gasteiger partial charge in [-0.15, -0.1) is 24.0 Å². The molecule has 0 aliphatic carbocycles. The Morgan fingerprint density at radius 2 is 1.61 bits per heavy atom. The number of guanidine groups is 1. The summed E-state index contributed by atoms with van der Waals surface area (Å²) >= 11 is 0. The first-order valence-electron chi connectivity index (χ1n) is 11.1. The molecule has 0 aromatic carbocycles. The summed E-state index contributed by atoms with van der Waals surface area (Å²) in [5.74, 6) is 2.26. The van der Waals surface area contributed by atoms with E-state index in [1.54, 1.807) is 0 Å². The Bertz CT molecular complexity index is 423. The van der Waals surface area contributed by atoms with E-state index in [1.807, 2.05) is 7.05 Å². The second-order valence-electron chi connectivity index (χ2n) is 8.73. The fourth-order valence-electron chi connectivity index (χ4n) is 4.20. The number of nitrogens with zero attached hydrogens (tertiary/aromatic N) is 3. The number of piperidine rings is 1. The predicted molar refractivity (Wildman–Crippen MR) is 130 cm³/mol. The number of aliphatic imine (C=N–C) groups is 1. The molecule has 0 spiro atoms. The average molecular weight is 510 g/mol. The third-order valence-electron chi connectivity index (χ3n) is 5.67. The molecule has 28 heavy (non-hydrogen) atoms. The molecule has 2 saturated heterocycles. The minimum absolute atomic E-state index is 0. The second-order valence-corrected chi connectivity index (χ2v) is 8.73. The SMILES string of the molecule is CN=C(NCC(C)CN1CCCCC1)NCC(CC(C)C)N1CCOCC1.I. The summed E-state index contributed by atoms with van der Waals surface area (Å²) in [6.07, 6.45) is 5.33. The van der Waals surface area contributed by atoms with Crippen LogP contribution in [0.5, 0.6) is 0 Å². The van der Waals surface area contributed by atoms with Crippen molar-refractivity contribution in [3.05, 3.63) is 0 Å². The van der Waals surface area contributed by atoms with E-state index in [0.717, 1.165) is 45.4 Å². The standard InChI is InChI=1S/C21H43N5O.HI/c1-18(2)14-20(26-10-12-27-13-11-26)16-24-21(22-4)23-15-19(3)17-25-8-6-5-7-9-25;/h18-20H,5-17H2,1-4H3,(H2,22,23,24);1H. The van der Waals surface area contributed by atoms with E-state index in [4.69, 9.17) is 4.74 Å². The van der Waals surface area contributed by atoms with Crippen molar-refractivity contribution >= 4 is 29.9 Å². The molecule has 2 heterocycles. The normalized spacial score (nSPS) is 21.8. The zero-order valence-electron chi connectivity index (χ0n) is 18.6. The largest absolute Gasteiger partial charge is 0.379 e. The Labute approximate surface area is 190 Å². The number of halogens is 1. The molecule has 2 N–H and O–H groups in total. The highest BCUT2D eigenvalue weighted by Gasteiger charge is 2.22. The van der Waals surface area contributed by atoms with Crippen LogP contribution in [0.25, 0.3) is 0 Å². The Kier molecular flexibility index (Phi) is 13.7. The lowest BCUT2D eigenvalue weighted by atomic mass is 10.0. The van der Waals surface area contributed by atoms with Crippen molar-refractivity contribution in [1.82, 2.24) is 20.4 Å². The monoisotopic (exact) mass is 509 g/mol. The van der Waals surface area contributed by atoms with E-state index in [1.165, 1.54) is 45.3 Å². The summed E-state index contributed by atoms with van der Waals surface area (Å²) in [4.78, 5) is 9.63. The maximum absolute atomic E-state index is 5.53. The van der Waals surface area contributed by atoms with E-state index >= 15 is 0 Å². The molecule has 0 aromatic heterocycles. The predicted octanol–water partition coefficient (Wildman–Crippen LogP) is 2.64. The van der Waals surface area contributed by atoms with Gasteiger partial charge in [0.05, 0.1) is 13.2 Å². The third kappa shape index (κ3) is 10.1. The van der Waals surface area contributed by atoms with Crippen molar-refractivity contribution in [2.24, 2.45) is 16.8 Å². The lowest BCUT2D eigenvalue weighted by Crippen LogP contribution is -2.51. The van der Waals surface area contributed by atoms with Gasteiger partial charge in [0.15, 0.2) is 5.96 Å². The van der Waals surface area contributed by atoms with Gasteiger partial charge in [0.1, 0.15) is 0 Å². The van der Waals surface area contributed by atoms with Gasteiger partial charge in [0.25, 0.3) is 0 Å². The van der Waals surface area contributed by atoms with Gasteiger partial charge in [-0.3, -0.25) is 9.89 Å². The molecule has 2 aliphatic rings. The first-order valence-corrected chi connectivity index (χ1v) is 11.1. The van der Waals surface area contributed by atoms with Crippen molar-refractivity contribution < 1.29 is 4.74 Å². The summed E-state index contributed by atoms with van der Waals surface area (Å²) in [6.45, 7) is 16.4. The summed E-state index contributed by atoms with van der Waals surface area (Å²) in [5.41, 5.74) is 0. The fourth-order valence-corrected chi connectivity index (χ4v) is 4.20. The van der Waals surface area contributed by atoms with Crippen LogP contribution in [0.2, 0.25) is 0 Å². The van der Waals surface area contributed by atoms with Crippen LogP contribution in [-0.2, 0) is 4.74 Å². The zero-order chi connectivity index (χ0) is 19.5. The van der Waals surface area contributed by atoms with Crippen LogP contribution in [-0.4, -0.2) is 87.9 Å². The van der Waals surface area contributed by atoms with E-state index in [2.05, 4.69) is 46.2 Å². The molecule has 166 valence electrons. The molecule has 2 fully saturated rings. The smallest absolute Gasteiger partial charge is 0.191 e. The molecule has 0 radical (unpaired) electrons. The van der Waals surface area contributed by atoms with E-state index in [9.17, 15) is 0 Å². The number of likely N-dealkylation sites (tertiary alicyclic amines) is 1. The number of rotatable bonds is 9. The van der Waals surface area contributed by atoms with Gasteiger partial charge in [0, 0.05) is 45.8 Å². The highest BCUT2D eigenvalue weighted by atomic mass is 127. The van der Waals surface area contributed by atoms with Crippen LogP contribution in [0, 0.1) is 11.8 Å². The van der Waals surface area contributed by atoms with Crippen molar-refractivity contribution in [1.29, 1.82) is 0 Å². The first kappa shape index (κ1) is 25.9. The van der Waals surface area contributed by atoms with Crippen LogP contribution in [0.4, 0.5) is 0 Å². The molecule has 7 heteroatoms. The third-order valence-corrected chi connectivity index (χ3v) is 5.67. The maximum Gasteiger partial charge on any atom is 0.191 e. The van der Waals surface area contributed by atoms with Crippen molar-refractivity contribution in [2.75, 3.05) is 66.1 Å². The van der Waals surface area contributed by atoms with E-state index in [0.29, 0.717) is 17.9 Å². The van der Waals surface area contributed by atoms with Crippen LogP contribution < -0.4 is 10.6 Å². The molecule has 2 rings (SSSR count). The number of morpholine rings is 1. The Morgan fingerprint density at radius 1 is 0.964 bits per heavy atom. The highest BCUT2D eigenvalue weighted by Crippen LogP contribution is 2.13.